The van der Waals surface area contributed by atoms with E-state index in [1.165, 1.54) is 24.3 Å². The Labute approximate surface area is 166 Å². The summed E-state index contributed by atoms with van der Waals surface area (Å²) in [6.45, 7) is 1.60. The second-order valence-corrected chi connectivity index (χ2v) is 8.14. The summed E-state index contributed by atoms with van der Waals surface area (Å²) in [5.74, 6) is -1.29. The smallest absolute Gasteiger partial charge is 0.271 e. The molecule has 0 aliphatic rings. The van der Waals surface area contributed by atoms with E-state index in [1.807, 2.05) is 0 Å². The van der Waals surface area contributed by atoms with Crippen molar-refractivity contribution in [2.75, 3.05) is 15.9 Å². The topological polar surface area (TPSA) is 110 Å². The fourth-order valence-corrected chi connectivity index (χ4v) is 3.96. The van der Waals surface area contributed by atoms with Gasteiger partial charge >= 0.3 is 0 Å². The predicted octanol–water partition coefficient (Wildman–Crippen LogP) is 3.57. The molecule has 0 unspecified atom stereocenters. The van der Waals surface area contributed by atoms with Gasteiger partial charge in [0.1, 0.15) is 11.9 Å². The van der Waals surface area contributed by atoms with Crippen LogP contribution in [0.3, 0.4) is 0 Å². The lowest BCUT2D eigenvalue weighted by Gasteiger charge is -2.30. The van der Waals surface area contributed by atoms with Crippen LogP contribution in [0.15, 0.2) is 42.5 Å². The summed E-state index contributed by atoms with van der Waals surface area (Å²) >= 11 is 5.99. The number of halogens is 2. The second kappa shape index (κ2) is 8.53. The maximum atomic E-state index is 13.2. The van der Waals surface area contributed by atoms with Gasteiger partial charge in [-0.15, -0.1) is 0 Å². The maximum absolute atomic E-state index is 13.2. The van der Waals surface area contributed by atoms with Crippen LogP contribution in [0, 0.1) is 15.9 Å². The Kier molecular flexibility index (Phi) is 6.57. The zero-order valence-electron chi connectivity index (χ0n) is 14.9. The first-order chi connectivity index (χ1) is 13.0. The van der Waals surface area contributed by atoms with Gasteiger partial charge in [-0.05, 0) is 36.8 Å². The van der Waals surface area contributed by atoms with E-state index in [0.29, 0.717) is 0 Å². The van der Waals surface area contributed by atoms with E-state index in [9.17, 15) is 27.7 Å². The van der Waals surface area contributed by atoms with Crippen LogP contribution in [0.4, 0.5) is 21.5 Å². The summed E-state index contributed by atoms with van der Waals surface area (Å²) in [5, 5.41) is 13.4. The van der Waals surface area contributed by atoms with E-state index in [0.717, 1.165) is 28.8 Å². The SMILES string of the molecule is CC[C@H](C(=O)Nc1cc([N+](=O)[O-])ccc1Cl)N(c1ccc(F)cc1)S(C)(=O)=O. The zero-order valence-corrected chi connectivity index (χ0v) is 16.5. The Hall–Kier alpha value is -2.72. The van der Waals surface area contributed by atoms with Crippen molar-refractivity contribution in [2.24, 2.45) is 0 Å². The number of nitro groups is 1. The summed E-state index contributed by atoms with van der Waals surface area (Å²) < 4.78 is 38.7. The number of rotatable bonds is 7. The summed E-state index contributed by atoms with van der Waals surface area (Å²) in [7, 11) is -3.90. The lowest BCUT2D eigenvalue weighted by atomic mass is 10.1. The number of anilines is 2. The number of amides is 1. The number of benzene rings is 2. The van der Waals surface area contributed by atoms with Gasteiger partial charge < -0.3 is 5.32 Å². The molecule has 1 amide bonds. The minimum absolute atomic E-state index is 0.0214. The highest BCUT2D eigenvalue weighted by Gasteiger charge is 2.32. The van der Waals surface area contributed by atoms with Crippen molar-refractivity contribution in [1.82, 2.24) is 0 Å². The van der Waals surface area contributed by atoms with Gasteiger partial charge in [0, 0.05) is 12.1 Å². The molecule has 0 saturated heterocycles. The lowest BCUT2D eigenvalue weighted by molar-refractivity contribution is -0.384. The number of nitrogens with zero attached hydrogens (tertiary/aromatic N) is 2. The molecule has 0 heterocycles. The average Bonchev–Trinajstić information content (AvgIpc) is 2.61. The molecule has 0 radical (unpaired) electrons. The van der Waals surface area contributed by atoms with Crippen molar-refractivity contribution in [2.45, 2.75) is 19.4 Å². The van der Waals surface area contributed by atoms with Crippen LogP contribution in [0.5, 0.6) is 0 Å². The molecule has 0 aliphatic carbocycles. The van der Waals surface area contributed by atoms with Crippen LogP contribution in [-0.4, -0.2) is 31.5 Å². The first-order valence-electron chi connectivity index (χ1n) is 8.04. The van der Waals surface area contributed by atoms with E-state index in [1.54, 1.807) is 6.92 Å². The maximum Gasteiger partial charge on any atom is 0.271 e. The molecular formula is C17H17ClFN3O5S. The van der Waals surface area contributed by atoms with Gasteiger partial charge in [0.15, 0.2) is 0 Å². The first kappa shape index (κ1) is 21.6. The van der Waals surface area contributed by atoms with Crippen LogP contribution >= 0.6 is 11.6 Å². The molecule has 2 rings (SSSR count). The zero-order chi connectivity index (χ0) is 21.1. The van der Waals surface area contributed by atoms with Gasteiger partial charge in [-0.25, -0.2) is 12.8 Å². The Balaban J connectivity index is 2.41. The molecule has 2 aromatic carbocycles. The molecule has 0 fully saturated rings. The van der Waals surface area contributed by atoms with E-state index < -0.39 is 32.7 Å². The number of carbonyl (C=O) groups excluding carboxylic acids is 1. The lowest BCUT2D eigenvalue weighted by Crippen LogP contribution is -2.47. The van der Waals surface area contributed by atoms with Crippen LogP contribution < -0.4 is 9.62 Å². The minimum Gasteiger partial charge on any atom is -0.323 e. The Morgan fingerprint density at radius 2 is 1.89 bits per heavy atom. The molecule has 1 atom stereocenters. The number of nitrogens with one attached hydrogen (secondary N) is 1. The van der Waals surface area contributed by atoms with Crippen LogP contribution in [0.25, 0.3) is 0 Å². The fourth-order valence-electron chi connectivity index (χ4n) is 2.59. The van der Waals surface area contributed by atoms with Crippen molar-refractivity contribution >= 4 is 44.6 Å². The molecule has 0 bridgehead atoms. The number of nitro benzene ring substituents is 1. The molecule has 28 heavy (non-hydrogen) atoms. The first-order valence-corrected chi connectivity index (χ1v) is 10.3. The Morgan fingerprint density at radius 3 is 2.39 bits per heavy atom. The normalized spacial score (nSPS) is 12.3. The van der Waals surface area contributed by atoms with Gasteiger partial charge in [0.2, 0.25) is 15.9 Å². The molecule has 2 aromatic rings. The van der Waals surface area contributed by atoms with Crippen molar-refractivity contribution in [3.8, 4) is 0 Å². The van der Waals surface area contributed by atoms with Gasteiger partial charge in [-0.2, -0.15) is 0 Å². The summed E-state index contributed by atoms with van der Waals surface area (Å²) in [4.78, 5) is 23.1. The molecular weight excluding hydrogens is 413 g/mol. The summed E-state index contributed by atoms with van der Waals surface area (Å²) in [6, 6.07) is 6.97. The third-order valence-electron chi connectivity index (χ3n) is 3.83. The molecule has 8 nitrogen and oxygen atoms in total. The third kappa shape index (κ3) is 4.96. The van der Waals surface area contributed by atoms with E-state index in [2.05, 4.69) is 5.32 Å². The molecule has 0 aromatic heterocycles. The summed E-state index contributed by atoms with van der Waals surface area (Å²) in [6.07, 6.45) is 1.01. The highest BCUT2D eigenvalue weighted by atomic mass is 35.5. The number of carbonyl (C=O) groups is 1. The Morgan fingerprint density at radius 1 is 1.29 bits per heavy atom. The van der Waals surface area contributed by atoms with E-state index in [-0.39, 0.29) is 28.5 Å². The summed E-state index contributed by atoms with van der Waals surface area (Å²) in [5.41, 5.74) is -0.200. The van der Waals surface area contributed by atoms with E-state index in [4.69, 9.17) is 11.6 Å². The number of non-ortho nitro benzene ring substituents is 1. The number of hydrogen-bond donors (Lipinski definition) is 1. The van der Waals surface area contributed by atoms with Crippen LogP contribution in [0.2, 0.25) is 5.02 Å². The standard InChI is InChI=1S/C17H17ClFN3O5S/c1-3-16(21(28(2,26)27)12-6-4-11(19)5-7-12)17(23)20-15-10-13(22(24)25)8-9-14(15)18/h4-10,16H,3H2,1-2H3,(H,20,23)/t16-/m1/s1. The highest BCUT2D eigenvalue weighted by Crippen LogP contribution is 2.28. The number of sulfonamides is 1. The van der Waals surface area contributed by atoms with Crippen molar-refractivity contribution < 1.29 is 22.5 Å². The average molecular weight is 430 g/mol. The monoisotopic (exact) mass is 429 g/mol. The van der Waals surface area contributed by atoms with Crippen molar-refractivity contribution in [1.29, 1.82) is 0 Å². The third-order valence-corrected chi connectivity index (χ3v) is 5.34. The molecule has 11 heteroatoms. The quantitative estimate of drug-likeness (QED) is 0.534. The molecule has 0 spiro atoms. The highest BCUT2D eigenvalue weighted by molar-refractivity contribution is 7.92. The van der Waals surface area contributed by atoms with Crippen LogP contribution in [-0.2, 0) is 14.8 Å². The molecule has 1 N–H and O–H groups in total. The van der Waals surface area contributed by atoms with Gasteiger partial charge in [0.25, 0.3) is 5.69 Å². The van der Waals surface area contributed by atoms with Gasteiger partial charge in [0.05, 0.1) is 27.6 Å². The predicted molar refractivity (Wildman–Crippen MR) is 105 cm³/mol. The minimum atomic E-state index is -3.90. The second-order valence-electron chi connectivity index (χ2n) is 5.87. The Bertz CT molecular complexity index is 998. The van der Waals surface area contributed by atoms with Crippen molar-refractivity contribution in [3.05, 3.63) is 63.4 Å². The van der Waals surface area contributed by atoms with Crippen molar-refractivity contribution in [3.63, 3.8) is 0 Å². The van der Waals surface area contributed by atoms with Gasteiger partial charge in [-0.3, -0.25) is 19.2 Å². The van der Waals surface area contributed by atoms with E-state index >= 15 is 0 Å². The molecule has 0 aliphatic heterocycles. The van der Waals surface area contributed by atoms with Gasteiger partial charge in [-0.1, -0.05) is 18.5 Å². The fraction of sp³-hybridized carbons (Fsp3) is 0.235. The largest absolute Gasteiger partial charge is 0.323 e. The number of hydrogen-bond acceptors (Lipinski definition) is 5. The molecule has 0 saturated carbocycles. The van der Waals surface area contributed by atoms with Crippen LogP contribution in [0.1, 0.15) is 13.3 Å². The molecule has 150 valence electrons.